The van der Waals surface area contributed by atoms with Gasteiger partial charge in [-0.2, -0.15) is 0 Å². The second-order valence-electron chi connectivity index (χ2n) is 4.31. The summed E-state index contributed by atoms with van der Waals surface area (Å²) >= 11 is 0. The number of hydrogen-bond donors (Lipinski definition) is 2. The lowest BCUT2D eigenvalue weighted by Gasteiger charge is -2.13. The van der Waals surface area contributed by atoms with E-state index in [-0.39, 0.29) is 23.3 Å². The Kier molecular flexibility index (Phi) is 4.07. The molecule has 0 bridgehead atoms. The van der Waals surface area contributed by atoms with E-state index < -0.39 is 0 Å². The first-order chi connectivity index (χ1) is 9.18. The molecule has 0 fully saturated rings. The van der Waals surface area contributed by atoms with Gasteiger partial charge in [-0.25, -0.2) is 9.97 Å². The molecular formula is C14H16N4O. The predicted molar refractivity (Wildman–Crippen MR) is 73.6 cm³/mol. The molecule has 0 saturated carbocycles. The molecule has 0 radical (unpaired) electrons. The van der Waals surface area contributed by atoms with E-state index in [1.165, 1.54) is 18.0 Å². The van der Waals surface area contributed by atoms with Gasteiger partial charge in [0, 0.05) is 18.9 Å². The molecule has 2 rings (SSSR count). The molecule has 0 unspecified atom stereocenters. The molecule has 1 aromatic carbocycles. The Bertz CT molecular complexity index is 556. The van der Waals surface area contributed by atoms with Crippen molar-refractivity contribution in [1.29, 1.82) is 0 Å². The second kappa shape index (κ2) is 5.95. The largest absolute Gasteiger partial charge is 0.382 e. The van der Waals surface area contributed by atoms with Crippen molar-refractivity contribution in [3.05, 3.63) is 54.0 Å². The third-order valence-electron chi connectivity index (χ3n) is 2.88. The fraction of sp³-hybridized carbons (Fsp3) is 0.214. The maximum Gasteiger partial charge on any atom is 0.273 e. The average Bonchev–Trinajstić information content (AvgIpc) is 2.46. The van der Waals surface area contributed by atoms with Gasteiger partial charge < -0.3 is 11.1 Å². The molecule has 3 N–H and O–H groups in total. The number of carbonyl (C=O) groups excluding carboxylic acids is 1. The highest BCUT2D eigenvalue weighted by molar-refractivity contribution is 5.96. The van der Waals surface area contributed by atoms with Gasteiger partial charge in [0.25, 0.3) is 5.91 Å². The Balaban J connectivity index is 1.96. The van der Waals surface area contributed by atoms with E-state index in [1.807, 2.05) is 30.3 Å². The Morgan fingerprint density at radius 1 is 1.26 bits per heavy atom. The highest BCUT2D eigenvalue weighted by Gasteiger charge is 2.13. The molecule has 98 valence electrons. The first kappa shape index (κ1) is 13.0. The van der Waals surface area contributed by atoms with Crippen LogP contribution in [-0.4, -0.2) is 22.4 Å². The molecule has 0 saturated heterocycles. The number of amides is 1. The Hall–Kier alpha value is -2.43. The Morgan fingerprint density at radius 2 is 1.95 bits per heavy atom. The van der Waals surface area contributed by atoms with E-state index in [9.17, 15) is 4.79 Å². The van der Waals surface area contributed by atoms with Gasteiger partial charge in [0.1, 0.15) is 0 Å². The number of rotatable bonds is 4. The molecule has 5 nitrogen and oxygen atoms in total. The number of anilines is 1. The molecule has 5 heteroatoms. The summed E-state index contributed by atoms with van der Waals surface area (Å²) in [7, 11) is 0. The van der Waals surface area contributed by atoms with E-state index in [4.69, 9.17) is 5.73 Å². The van der Waals surface area contributed by atoms with Gasteiger partial charge >= 0.3 is 0 Å². The van der Waals surface area contributed by atoms with Gasteiger partial charge in [-0.15, -0.1) is 0 Å². The molecule has 1 aromatic heterocycles. The van der Waals surface area contributed by atoms with Gasteiger partial charge in [-0.05, 0) is 11.5 Å². The van der Waals surface area contributed by atoms with E-state index in [2.05, 4.69) is 22.2 Å². The molecular weight excluding hydrogens is 240 g/mol. The van der Waals surface area contributed by atoms with Crippen molar-refractivity contribution in [3.8, 4) is 0 Å². The van der Waals surface area contributed by atoms with Crippen molar-refractivity contribution in [2.75, 3.05) is 12.3 Å². The maximum atomic E-state index is 11.9. The molecule has 1 atom stereocenters. The molecule has 0 aliphatic rings. The zero-order valence-corrected chi connectivity index (χ0v) is 10.7. The lowest BCUT2D eigenvalue weighted by molar-refractivity contribution is 0.0947. The van der Waals surface area contributed by atoms with Gasteiger partial charge in [0.05, 0.1) is 0 Å². The van der Waals surface area contributed by atoms with Crippen LogP contribution in [0.3, 0.4) is 0 Å². The number of nitrogens with zero attached hydrogens (tertiary/aromatic N) is 2. The van der Waals surface area contributed by atoms with Crippen molar-refractivity contribution in [2.24, 2.45) is 0 Å². The summed E-state index contributed by atoms with van der Waals surface area (Å²) in [6, 6.07) is 10.00. The summed E-state index contributed by atoms with van der Waals surface area (Å²) in [4.78, 5) is 19.7. The Morgan fingerprint density at radius 3 is 2.63 bits per heavy atom. The molecule has 1 amide bonds. The van der Waals surface area contributed by atoms with Crippen LogP contribution in [-0.2, 0) is 0 Å². The number of aromatic nitrogens is 2. The summed E-state index contributed by atoms with van der Waals surface area (Å²) in [5.74, 6) is 0.0730. The first-order valence-electron chi connectivity index (χ1n) is 6.08. The summed E-state index contributed by atoms with van der Waals surface area (Å²) in [6.07, 6.45) is 2.91. The average molecular weight is 256 g/mol. The number of carbonyl (C=O) groups is 1. The van der Waals surface area contributed by atoms with E-state index >= 15 is 0 Å². The van der Waals surface area contributed by atoms with E-state index in [0.29, 0.717) is 6.54 Å². The molecule has 0 aliphatic heterocycles. The van der Waals surface area contributed by atoms with Crippen LogP contribution in [0.15, 0.2) is 42.7 Å². The lowest BCUT2D eigenvalue weighted by atomic mass is 10.0. The predicted octanol–water partition coefficient (Wildman–Crippen LogP) is 1.59. The van der Waals surface area contributed by atoms with Crippen molar-refractivity contribution < 1.29 is 4.79 Å². The van der Waals surface area contributed by atoms with Gasteiger partial charge in [0.15, 0.2) is 11.5 Å². The van der Waals surface area contributed by atoms with Crippen LogP contribution in [0.5, 0.6) is 0 Å². The summed E-state index contributed by atoms with van der Waals surface area (Å²) in [6.45, 7) is 2.58. The van der Waals surface area contributed by atoms with Crippen LogP contribution < -0.4 is 11.1 Å². The minimum atomic E-state index is -0.298. The zero-order chi connectivity index (χ0) is 13.7. The highest BCUT2D eigenvalue weighted by atomic mass is 16.1. The van der Waals surface area contributed by atoms with Crippen LogP contribution in [0.1, 0.15) is 28.9 Å². The van der Waals surface area contributed by atoms with E-state index in [0.717, 1.165) is 0 Å². The number of nitrogens with one attached hydrogen (secondary N) is 1. The van der Waals surface area contributed by atoms with E-state index in [1.54, 1.807) is 0 Å². The number of hydrogen-bond acceptors (Lipinski definition) is 4. The fourth-order valence-corrected chi connectivity index (χ4v) is 1.75. The minimum Gasteiger partial charge on any atom is -0.382 e. The second-order valence-corrected chi connectivity index (χ2v) is 4.31. The number of nitrogen functional groups attached to an aromatic ring is 1. The number of benzene rings is 1. The van der Waals surface area contributed by atoms with Gasteiger partial charge in [0.2, 0.25) is 0 Å². The van der Waals surface area contributed by atoms with Crippen molar-refractivity contribution in [1.82, 2.24) is 15.3 Å². The lowest BCUT2D eigenvalue weighted by Crippen LogP contribution is -2.29. The molecule has 2 aromatic rings. The first-order valence-corrected chi connectivity index (χ1v) is 6.08. The van der Waals surface area contributed by atoms with Crippen LogP contribution >= 0.6 is 0 Å². The molecule has 1 heterocycles. The van der Waals surface area contributed by atoms with Crippen LogP contribution in [0, 0.1) is 0 Å². The zero-order valence-electron chi connectivity index (χ0n) is 10.7. The van der Waals surface area contributed by atoms with Gasteiger partial charge in [-0.3, -0.25) is 4.79 Å². The van der Waals surface area contributed by atoms with Crippen LogP contribution in [0.2, 0.25) is 0 Å². The quantitative estimate of drug-likeness (QED) is 0.870. The highest BCUT2D eigenvalue weighted by Crippen LogP contribution is 2.13. The third-order valence-corrected chi connectivity index (χ3v) is 2.88. The summed E-state index contributed by atoms with van der Waals surface area (Å²) in [5.41, 5.74) is 6.95. The molecule has 0 spiro atoms. The van der Waals surface area contributed by atoms with Crippen molar-refractivity contribution >= 4 is 11.7 Å². The fourth-order valence-electron chi connectivity index (χ4n) is 1.75. The summed E-state index contributed by atoms with van der Waals surface area (Å²) in [5, 5.41) is 2.82. The number of nitrogens with two attached hydrogens (primary N) is 1. The normalized spacial score (nSPS) is 11.8. The monoisotopic (exact) mass is 256 g/mol. The summed E-state index contributed by atoms with van der Waals surface area (Å²) < 4.78 is 0. The maximum absolute atomic E-state index is 11.9. The molecule has 19 heavy (non-hydrogen) atoms. The smallest absolute Gasteiger partial charge is 0.273 e. The van der Waals surface area contributed by atoms with Gasteiger partial charge in [-0.1, -0.05) is 37.3 Å². The third kappa shape index (κ3) is 3.28. The molecule has 0 aliphatic carbocycles. The van der Waals surface area contributed by atoms with Crippen LogP contribution in [0.25, 0.3) is 0 Å². The Labute approximate surface area is 111 Å². The standard InChI is InChI=1S/C14H16N4O/c1-10(11-5-3-2-4-6-11)9-18-14(19)12-13(15)17-8-7-16-12/h2-8,10H,9H2,1H3,(H2,15,17)(H,18,19)/t10-/m1/s1. The van der Waals surface area contributed by atoms with Crippen LogP contribution in [0.4, 0.5) is 5.82 Å². The van der Waals surface area contributed by atoms with Crippen molar-refractivity contribution in [2.45, 2.75) is 12.8 Å². The van der Waals surface area contributed by atoms with Crippen molar-refractivity contribution in [3.63, 3.8) is 0 Å². The topological polar surface area (TPSA) is 80.9 Å². The SMILES string of the molecule is C[C@H](CNC(=O)c1nccnc1N)c1ccccc1. The minimum absolute atomic E-state index is 0.146.